The van der Waals surface area contributed by atoms with Gasteiger partial charge in [0.25, 0.3) is 0 Å². The Morgan fingerprint density at radius 1 is 1.40 bits per heavy atom. The van der Waals surface area contributed by atoms with Crippen LogP contribution in [0.1, 0.15) is 43.4 Å². The number of guanidine groups is 1. The first-order chi connectivity index (χ1) is 11.7. The molecule has 1 aliphatic heterocycles. The second kappa shape index (κ2) is 10.1. The number of hydrogen-bond acceptors (Lipinski definition) is 3. The second-order valence-corrected chi connectivity index (χ2v) is 8.28. The van der Waals surface area contributed by atoms with Crippen molar-refractivity contribution in [1.29, 1.82) is 0 Å². The Bertz CT molecular complexity index is 523. The Kier molecular flexibility index (Phi) is 8.48. The van der Waals surface area contributed by atoms with Crippen molar-refractivity contribution in [2.24, 2.45) is 10.9 Å². The summed E-state index contributed by atoms with van der Waals surface area (Å²) in [7, 11) is 4.04. The molecule has 0 aromatic carbocycles. The third-order valence-corrected chi connectivity index (χ3v) is 6.69. The highest BCUT2D eigenvalue weighted by Gasteiger charge is 2.35. The van der Waals surface area contributed by atoms with Gasteiger partial charge in [-0.3, -0.25) is 4.99 Å². The summed E-state index contributed by atoms with van der Waals surface area (Å²) in [5.74, 6) is 1.65. The van der Waals surface area contributed by atoms with Gasteiger partial charge in [0.05, 0.1) is 6.61 Å². The normalized spacial score (nSPS) is 23.1. The van der Waals surface area contributed by atoms with Gasteiger partial charge in [0.1, 0.15) is 0 Å². The van der Waals surface area contributed by atoms with Gasteiger partial charge in [-0.05, 0) is 30.7 Å². The van der Waals surface area contributed by atoms with Crippen LogP contribution in [0.4, 0.5) is 0 Å². The van der Waals surface area contributed by atoms with Crippen LogP contribution in [0.15, 0.2) is 22.5 Å². The molecule has 1 aromatic heterocycles. The first-order valence-electron chi connectivity index (χ1n) is 9.27. The molecule has 2 heterocycles. The molecule has 2 fully saturated rings. The zero-order chi connectivity index (χ0) is 16.8. The van der Waals surface area contributed by atoms with E-state index in [1.54, 1.807) is 0 Å². The summed E-state index contributed by atoms with van der Waals surface area (Å²) in [6.45, 7) is 3.81. The summed E-state index contributed by atoms with van der Waals surface area (Å²) in [6.07, 6.45) is 7.81. The summed E-state index contributed by atoms with van der Waals surface area (Å²) >= 11 is 1.91. The van der Waals surface area contributed by atoms with Crippen molar-refractivity contribution in [2.45, 2.75) is 43.9 Å². The van der Waals surface area contributed by atoms with E-state index in [1.165, 1.54) is 43.4 Å². The number of rotatable bonds is 5. The van der Waals surface area contributed by atoms with Crippen molar-refractivity contribution >= 4 is 41.3 Å². The predicted molar refractivity (Wildman–Crippen MR) is 117 cm³/mol. The average molecular weight is 477 g/mol. The SMILES string of the molecule is CN=C(NCC1(c2cccs2)CCCCC1)N(C)CC1CCOC1.I. The second-order valence-electron chi connectivity index (χ2n) is 7.33. The molecule has 25 heavy (non-hydrogen) atoms. The van der Waals surface area contributed by atoms with E-state index < -0.39 is 0 Å². The molecule has 1 atom stereocenters. The topological polar surface area (TPSA) is 36.9 Å². The first kappa shape index (κ1) is 21.0. The van der Waals surface area contributed by atoms with E-state index >= 15 is 0 Å². The maximum atomic E-state index is 5.51. The zero-order valence-corrected chi connectivity index (χ0v) is 18.6. The fraction of sp³-hybridized carbons (Fsp3) is 0.737. The molecular formula is C19H32IN3OS. The van der Waals surface area contributed by atoms with E-state index in [4.69, 9.17) is 4.74 Å². The summed E-state index contributed by atoms with van der Waals surface area (Å²) in [6, 6.07) is 4.51. The minimum atomic E-state index is 0. The molecule has 1 aliphatic carbocycles. The summed E-state index contributed by atoms with van der Waals surface area (Å²) in [5.41, 5.74) is 0.291. The molecule has 1 aromatic rings. The van der Waals surface area contributed by atoms with Crippen LogP contribution in [0, 0.1) is 5.92 Å². The highest BCUT2D eigenvalue weighted by Crippen LogP contribution is 2.41. The van der Waals surface area contributed by atoms with Crippen molar-refractivity contribution in [3.63, 3.8) is 0 Å². The fourth-order valence-electron chi connectivity index (χ4n) is 4.15. The summed E-state index contributed by atoms with van der Waals surface area (Å²) in [4.78, 5) is 8.33. The predicted octanol–water partition coefficient (Wildman–Crippen LogP) is 4.11. The van der Waals surface area contributed by atoms with Crippen LogP contribution in [0.25, 0.3) is 0 Å². The van der Waals surface area contributed by atoms with Gasteiger partial charge in [0, 0.05) is 50.0 Å². The lowest BCUT2D eigenvalue weighted by atomic mass is 9.73. The lowest BCUT2D eigenvalue weighted by molar-refractivity contribution is 0.181. The quantitative estimate of drug-likeness (QED) is 0.394. The number of nitrogens with zero attached hydrogens (tertiary/aromatic N) is 2. The maximum Gasteiger partial charge on any atom is 0.193 e. The Labute approximate surface area is 173 Å². The largest absolute Gasteiger partial charge is 0.381 e. The smallest absolute Gasteiger partial charge is 0.193 e. The van der Waals surface area contributed by atoms with Crippen LogP contribution in [0.3, 0.4) is 0 Å². The minimum absolute atomic E-state index is 0. The molecule has 0 bridgehead atoms. The minimum Gasteiger partial charge on any atom is -0.381 e. The van der Waals surface area contributed by atoms with Crippen LogP contribution in [0.5, 0.6) is 0 Å². The van der Waals surface area contributed by atoms with Crippen molar-refractivity contribution in [3.8, 4) is 0 Å². The molecule has 1 unspecified atom stereocenters. The molecule has 3 rings (SSSR count). The molecular weight excluding hydrogens is 445 g/mol. The van der Waals surface area contributed by atoms with Crippen molar-refractivity contribution in [3.05, 3.63) is 22.4 Å². The van der Waals surface area contributed by atoms with E-state index in [2.05, 4.69) is 39.8 Å². The molecule has 1 saturated carbocycles. The van der Waals surface area contributed by atoms with Gasteiger partial charge in [-0.1, -0.05) is 25.3 Å². The molecule has 1 N–H and O–H groups in total. The lowest BCUT2D eigenvalue weighted by Gasteiger charge is -2.38. The van der Waals surface area contributed by atoms with Gasteiger partial charge >= 0.3 is 0 Å². The van der Waals surface area contributed by atoms with Crippen molar-refractivity contribution in [1.82, 2.24) is 10.2 Å². The van der Waals surface area contributed by atoms with E-state index in [-0.39, 0.29) is 24.0 Å². The zero-order valence-electron chi connectivity index (χ0n) is 15.5. The van der Waals surface area contributed by atoms with Gasteiger partial charge in [-0.15, -0.1) is 35.3 Å². The maximum absolute atomic E-state index is 5.51. The molecule has 0 spiro atoms. The Hall–Kier alpha value is -0.340. The van der Waals surface area contributed by atoms with Gasteiger partial charge in [0.2, 0.25) is 0 Å². The highest BCUT2D eigenvalue weighted by molar-refractivity contribution is 14.0. The Morgan fingerprint density at radius 2 is 2.20 bits per heavy atom. The van der Waals surface area contributed by atoms with E-state index in [0.29, 0.717) is 11.3 Å². The van der Waals surface area contributed by atoms with E-state index in [1.807, 2.05) is 18.4 Å². The van der Waals surface area contributed by atoms with Crippen LogP contribution in [-0.4, -0.2) is 51.3 Å². The number of ether oxygens (including phenoxy) is 1. The molecule has 142 valence electrons. The van der Waals surface area contributed by atoms with E-state index in [9.17, 15) is 0 Å². The van der Waals surface area contributed by atoms with Gasteiger partial charge in [0.15, 0.2) is 5.96 Å². The first-order valence-corrected chi connectivity index (χ1v) is 10.1. The molecule has 2 aliphatic rings. The molecule has 0 radical (unpaired) electrons. The third kappa shape index (κ3) is 5.32. The monoisotopic (exact) mass is 477 g/mol. The van der Waals surface area contributed by atoms with Crippen LogP contribution < -0.4 is 5.32 Å². The van der Waals surface area contributed by atoms with Crippen molar-refractivity contribution in [2.75, 3.05) is 40.4 Å². The van der Waals surface area contributed by atoms with E-state index in [0.717, 1.165) is 32.3 Å². The number of hydrogen-bond donors (Lipinski definition) is 1. The highest BCUT2D eigenvalue weighted by atomic mass is 127. The molecule has 6 heteroatoms. The van der Waals surface area contributed by atoms with Crippen LogP contribution in [0.2, 0.25) is 0 Å². The average Bonchev–Trinajstić information content (AvgIpc) is 3.30. The Morgan fingerprint density at radius 3 is 2.80 bits per heavy atom. The lowest BCUT2D eigenvalue weighted by Crippen LogP contribution is -2.47. The van der Waals surface area contributed by atoms with Gasteiger partial charge in [-0.25, -0.2) is 0 Å². The van der Waals surface area contributed by atoms with Gasteiger partial charge in [-0.2, -0.15) is 0 Å². The van der Waals surface area contributed by atoms with Gasteiger partial charge < -0.3 is 15.0 Å². The Balaban J connectivity index is 0.00000225. The molecule has 0 amide bonds. The summed E-state index contributed by atoms with van der Waals surface area (Å²) < 4.78 is 5.51. The fourth-order valence-corrected chi connectivity index (χ4v) is 5.14. The summed E-state index contributed by atoms with van der Waals surface area (Å²) in [5, 5.41) is 5.90. The van der Waals surface area contributed by atoms with Crippen molar-refractivity contribution < 1.29 is 4.74 Å². The van der Waals surface area contributed by atoms with Crippen LogP contribution >= 0.6 is 35.3 Å². The number of halogens is 1. The van der Waals surface area contributed by atoms with Crippen LogP contribution in [-0.2, 0) is 10.2 Å². The number of nitrogens with one attached hydrogen (secondary N) is 1. The standard InChI is InChI=1S/C19H31N3OS.HI/c1-20-18(22(2)13-16-8-11-23-14-16)21-15-19(9-4-3-5-10-19)17-7-6-12-24-17;/h6-7,12,16H,3-5,8-11,13-15H2,1-2H3,(H,20,21);1H. The number of thiophene rings is 1. The molecule has 4 nitrogen and oxygen atoms in total. The molecule has 1 saturated heterocycles. The third-order valence-electron chi connectivity index (χ3n) is 5.57. The number of aliphatic imine (C=N–C) groups is 1.